The van der Waals surface area contributed by atoms with Gasteiger partial charge < -0.3 is 10.2 Å². The minimum Gasteiger partial charge on any atom is -0.389 e. The van der Waals surface area contributed by atoms with Crippen molar-refractivity contribution in [2.45, 2.75) is 19.1 Å². The summed E-state index contributed by atoms with van der Waals surface area (Å²) in [6.45, 7) is 1.39. The van der Waals surface area contributed by atoms with Crippen LogP contribution in [0.15, 0.2) is 18.5 Å². The molecule has 0 aliphatic heterocycles. The van der Waals surface area contributed by atoms with E-state index in [1.807, 2.05) is 6.07 Å². The average Bonchev–Trinajstić information content (AvgIpc) is 2.35. The molecule has 6 heteroatoms. The van der Waals surface area contributed by atoms with Gasteiger partial charge in [0.05, 0.1) is 11.7 Å². The number of rotatable bonds is 4. The first-order chi connectivity index (χ1) is 8.04. The number of hydrogen-bond donors (Lipinski definition) is 2. The van der Waals surface area contributed by atoms with E-state index in [4.69, 9.17) is 5.26 Å². The molecule has 2 unspecified atom stereocenters. The fourth-order valence-corrected chi connectivity index (χ4v) is 1.78. The van der Waals surface area contributed by atoms with Crippen molar-refractivity contribution in [3.8, 4) is 6.07 Å². The molecule has 0 amide bonds. The van der Waals surface area contributed by atoms with Crippen LogP contribution >= 0.6 is 11.8 Å². The highest BCUT2D eigenvalue weighted by atomic mass is 32.2. The van der Waals surface area contributed by atoms with Gasteiger partial charge in [-0.05, 0) is 6.07 Å². The summed E-state index contributed by atoms with van der Waals surface area (Å²) in [6, 6.07) is 3.35. The molecule has 0 aromatic carbocycles. The van der Waals surface area contributed by atoms with Crippen molar-refractivity contribution in [1.82, 2.24) is 4.98 Å². The van der Waals surface area contributed by atoms with E-state index in [9.17, 15) is 15.0 Å². The van der Waals surface area contributed by atoms with Gasteiger partial charge in [-0.25, -0.2) is 0 Å². The van der Waals surface area contributed by atoms with E-state index < -0.39 is 12.2 Å². The minimum atomic E-state index is -1.15. The van der Waals surface area contributed by atoms with E-state index in [-0.39, 0.29) is 10.9 Å². The molecule has 1 heterocycles. The molecule has 17 heavy (non-hydrogen) atoms. The van der Waals surface area contributed by atoms with E-state index >= 15 is 0 Å². The number of aromatic nitrogens is 1. The first-order valence-electron chi connectivity index (χ1n) is 4.89. The number of nitrogens with zero attached hydrogens (tertiary/aromatic N) is 2. The lowest BCUT2D eigenvalue weighted by atomic mass is 10.1. The number of carbonyl (C=O) groups excluding carboxylic acids is 1. The summed E-state index contributed by atoms with van der Waals surface area (Å²) in [5.41, 5.74) is 0.675. The second-order valence-corrected chi connectivity index (χ2v) is 4.63. The quantitative estimate of drug-likeness (QED) is 0.816. The summed E-state index contributed by atoms with van der Waals surface area (Å²) in [5, 5.41) is 28.0. The summed E-state index contributed by atoms with van der Waals surface area (Å²) in [7, 11) is 0. The number of pyridine rings is 1. The molecular weight excluding hydrogens is 240 g/mol. The lowest BCUT2D eigenvalue weighted by Crippen LogP contribution is -2.21. The summed E-state index contributed by atoms with van der Waals surface area (Å²) in [6.07, 6.45) is 0.530. The third-order valence-electron chi connectivity index (χ3n) is 2.05. The van der Waals surface area contributed by atoms with Gasteiger partial charge in [0.25, 0.3) is 0 Å². The largest absolute Gasteiger partial charge is 0.389 e. The van der Waals surface area contributed by atoms with Gasteiger partial charge in [0.2, 0.25) is 0 Å². The second-order valence-electron chi connectivity index (χ2n) is 3.43. The fraction of sp³-hybridized carbons (Fsp3) is 0.364. The number of aliphatic hydroxyl groups excluding tert-OH is 2. The molecule has 2 N–H and O–H groups in total. The van der Waals surface area contributed by atoms with Crippen LogP contribution < -0.4 is 0 Å². The minimum absolute atomic E-state index is 0.104. The molecule has 1 aromatic heterocycles. The summed E-state index contributed by atoms with van der Waals surface area (Å²) >= 11 is 0.938. The van der Waals surface area contributed by atoms with Gasteiger partial charge in [0.15, 0.2) is 5.12 Å². The molecule has 0 fully saturated rings. The van der Waals surface area contributed by atoms with Gasteiger partial charge in [0.1, 0.15) is 12.2 Å². The van der Waals surface area contributed by atoms with Crippen molar-refractivity contribution in [3.63, 3.8) is 0 Å². The van der Waals surface area contributed by atoms with Crippen LogP contribution in [0, 0.1) is 11.3 Å². The fourth-order valence-electron chi connectivity index (χ4n) is 1.20. The summed E-state index contributed by atoms with van der Waals surface area (Å²) in [4.78, 5) is 14.5. The number of hydrogen-bond acceptors (Lipinski definition) is 6. The molecule has 0 saturated heterocycles. The van der Waals surface area contributed by atoms with E-state index in [1.165, 1.54) is 25.4 Å². The number of nitriles is 1. The molecule has 0 bridgehead atoms. The standard InChI is InChI=1S/C11H12N2O3S/c1-7(14)17-6-10(15)11(16)9-2-8(3-12)4-13-5-9/h2,4-5,10-11,15-16H,6H2,1H3. The number of aliphatic hydroxyl groups is 2. The molecule has 0 aliphatic rings. The Balaban J connectivity index is 2.71. The Morgan fingerprint density at radius 3 is 2.88 bits per heavy atom. The Morgan fingerprint density at radius 1 is 1.59 bits per heavy atom. The van der Waals surface area contributed by atoms with Crippen LogP contribution in [-0.2, 0) is 4.79 Å². The zero-order valence-corrected chi connectivity index (χ0v) is 10.0. The van der Waals surface area contributed by atoms with Crippen molar-refractivity contribution in [2.24, 2.45) is 0 Å². The van der Waals surface area contributed by atoms with Gasteiger partial charge in [-0.1, -0.05) is 11.8 Å². The smallest absolute Gasteiger partial charge is 0.185 e. The summed E-state index contributed by atoms with van der Waals surface area (Å²) in [5.74, 6) is 0.104. The van der Waals surface area contributed by atoms with Gasteiger partial charge in [0, 0.05) is 30.6 Å². The number of thioether (sulfide) groups is 1. The van der Waals surface area contributed by atoms with Crippen LogP contribution in [0.3, 0.4) is 0 Å². The first kappa shape index (κ1) is 13.6. The molecule has 90 valence electrons. The van der Waals surface area contributed by atoms with Crippen molar-refractivity contribution in [2.75, 3.05) is 5.75 Å². The normalized spacial score (nSPS) is 13.8. The Labute approximate surface area is 103 Å². The maximum Gasteiger partial charge on any atom is 0.185 e. The maximum atomic E-state index is 10.7. The van der Waals surface area contributed by atoms with Crippen LogP contribution in [-0.4, -0.2) is 32.2 Å². The SMILES string of the molecule is CC(=O)SCC(O)C(O)c1cncc(C#N)c1. The van der Waals surface area contributed by atoms with Crippen LogP contribution in [0.25, 0.3) is 0 Å². The summed E-state index contributed by atoms with van der Waals surface area (Å²) < 4.78 is 0. The van der Waals surface area contributed by atoms with Gasteiger partial charge >= 0.3 is 0 Å². The Hall–Kier alpha value is -1.42. The Bertz CT molecular complexity index is 445. The van der Waals surface area contributed by atoms with Crippen LogP contribution in [0.5, 0.6) is 0 Å². The molecule has 5 nitrogen and oxygen atoms in total. The average molecular weight is 252 g/mol. The lowest BCUT2D eigenvalue weighted by Gasteiger charge is -2.16. The van der Waals surface area contributed by atoms with Crippen LogP contribution in [0.4, 0.5) is 0 Å². The highest BCUT2D eigenvalue weighted by Gasteiger charge is 2.19. The van der Waals surface area contributed by atoms with E-state index in [0.29, 0.717) is 11.1 Å². The number of carbonyl (C=O) groups is 1. The predicted octanol–water partition coefficient (Wildman–Crippen LogP) is 0.627. The predicted molar refractivity (Wildman–Crippen MR) is 63.1 cm³/mol. The van der Waals surface area contributed by atoms with Crippen molar-refractivity contribution in [1.29, 1.82) is 5.26 Å². The lowest BCUT2D eigenvalue weighted by molar-refractivity contribution is -0.109. The van der Waals surface area contributed by atoms with E-state index in [0.717, 1.165) is 11.8 Å². The third kappa shape index (κ3) is 4.15. The van der Waals surface area contributed by atoms with Crippen molar-refractivity contribution < 1.29 is 15.0 Å². The molecule has 0 radical (unpaired) electrons. The molecule has 0 spiro atoms. The van der Waals surface area contributed by atoms with Gasteiger partial charge in [-0.2, -0.15) is 5.26 Å². The molecular formula is C11H12N2O3S. The van der Waals surface area contributed by atoms with Crippen LogP contribution in [0.1, 0.15) is 24.2 Å². The topological polar surface area (TPSA) is 94.2 Å². The monoisotopic (exact) mass is 252 g/mol. The van der Waals surface area contributed by atoms with E-state index in [1.54, 1.807) is 0 Å². The van der Waals surface area contributed by atoms with E-state index in [2.05, 4.69) is 4.98 Å². The Kier molecular flexibility index (Phi) is 5.10. The first-order valence-corrected chi connectivity index (χ1v) is 5.87. The zero-order chi connectivity index (χ0) is 12.8. The van der Waals surface area contributed by atoms with Crippen molar-refractivity contribution in [3.05, 3.63) is 29.6 Å². The zero-order valence-electron chi connectivity index (χ0n) is 9.20. The molecule has 2 atom stereocenters. The molecule has 1 rings (SSSR count). The van der Waals surface area contributed by atoms with Gasteiger partial charge in [-0.3, -0.25) is 9.78 Å². The Morgan fingerprint density at radius 2 is 2.29 bits per heavy atom. The molecule has 0 aliphatic carbocycles. The van der Waals surface area contributed by atoms with Gasteiger partial charge in [-0.15, -0.1) is 0 Å². The van der Waals surface area contributed by atoms with Crippen LogP contribution in [0.2, 0.25) is 0 Å². The van der Waals surface area contributed by atoms with Crippen molar-refractivity contribution >= 4 is 16.9 Å². The molecule has 0 saturated carbocycles. The highest BCUT2D eigenvalue weighted by molar-refractivity contribution is 8.13. The third-order valence-corrected chi connectivity index (χ3v) is 2.97. The maximum absolute atomic E-state index is 10.7. The molecule has 1 aromatic rings. The highest BCUT2D eigenvalue weighted by Crippen LogP contribution is 2.20. The second kappa shape index (κ2) is 6.35.